The van der Waals surface area contributed by atoms with Crippen LogP contribution in [0.5, 0.6) is 0 Å². The van der Waals surface area contributed by atoms with Gasteiger partial charge in [0.25, 0.3) is 0 Å². The highest BCUT2D eigenvalue weighted by Gasteiger charge is 2.34. The quantitative estimate of drug-likeness (QED) is 0.918. The molecule has 0 saturated carbocycles. The Morgan fingerprint density at radius 2 is 2.05 bits per heavy atom. The highest BCUT2D eigenvalue weighted by Crippen LogP contribution is 2.33. The molecule has 3 nitrogen and oxygen atoms in total. The normalized spacial score (nSPS) is 18.5. The van der Waals surface area contributed by atoms with E-state index in [9.17, 15) is 13.2 Å². The summed E-state index contributed by atoms with van der Waals surface area (Å²) in [6.45, 7) is 2.55. The average molecular weight is 273 g/mol. The van der Waals surface area contributed by atoms with Gasteiger partial charge in [-0.15, -0.1) is 0 Å². The summed E-state index contributed by atoms with van der Waals surface area (Å²) >= 11 is 0. The zero-order valence-electron chi connectivity index (χ0n) is 10.9. The molecule has 2 heterocycles. The van der Waals surface area contributed by atoms with E-state index >= 15 is 0 Å². The molecule has 0 amide bonds. The molecule has 19 heavy (non-hydrogen) atoms. The lowest BCUT2D eigenvalue weighted by atomic mass is 9.97. The molecule has 1 N–H and O–H groups in total. The predicted molar refractivity (Wildman–Crippen MR) is 67.9 cm³/mol. The van der Waals surface area contributed by atoms with Gasteiger partial charge in [0.1, 0.15) is 5.82 Å². The minimum absolute atomic E-state index is 0.0612. The van der Waals surface area contributed by atoms with Gasteiger partial charge in [-0.2, -0.15) is 13.2 Å². The van der Waals surface area contributed by atoms with Crippen LogP contribution < -0.4 is 5.32 Å². The molecule has 0 atom stereocenters. The number of nitrogens with zero attached hydrogens (tertiary/aromatic N) is 2. The zero-order chi connectivity index (χ0) is 13.9. The van der Waals surface area contributed by atoms with E-state index in [1.54, 1.807) is 0 Å². The second-order valence-electron chi connectivity index (χ2n) is 5.02. The molecule has 1 aromatic heterocycles. The predicted octanol–water partition coefficient (Wildman–Crippen LogP) is 2.85. The monoisotopic (exact) mass is 273 g/mol. The number of pyridine rings is 1. The standard InChI is InChI=1S/C13H18F3N3/c1-19-7-4-10(5-8-19)9-18-12-11(13(14,15)16)3-2-6-17-12/h2-3,6,10H,4-5,7-9H2,1H3,(H,17,18). The van der Waals surface area contributed by atoms with Crippen molar-refractivity contribution in [3.8, 4) is 0 Å². The number of aromatic nitrogens is 1. The Hall–Kier alpha value is -1.30. The molecule has 1 aliphatic heterocycles. The summed E-state index contributed by atoms with van der Waals surface area (Å²) in [6.07, 6.45) is -0.953. The van der Waals surface area contributed by atoms with Crippen molar-refractivity contribution >= 4 is 5.82 Å². The van der Waals surface area contributed by atoms with Gasteiger partial charge in [0.2, 0.25) is 0 Å². The van der Waals surface area contributed by atoms with Crippen LogP contribution in [0, 0.1) is 5.92 Å². The Kier molecular flexibility index (Phi) is 4.29. The second-order valence-corrected chi connectivity index (χ2v) is 5.02. The number of alkyl halides is 3. The molecule has 6 heteroatoms. The van der Waals surface area contributed by atoms with Crippen LogP contribution in [0.1, 0.15) is 18.4 Å². The number of rotatable bonds is 3. The summed E-state index contributed by atoms with van der Waals surface area (Å²) in [5.74, 6) is 0.355. The second kappa shape index (κ2) is 5.77. The Bertz CT molecular complexity index is 412. The number of piperidine rings is 1. The van der Waals surface area contributed by atoms with Crippen LogP contribution in [0.25, 0.3) is 0 Å². The van der Waals surface area contributed by atoms with E-state index in [-0.39, 0.29) is 5.82 Å². The summed E-state index contributed by atoms with van der Waals surface area (Å²) in [6, 6.07) is 2.37. The number of hydrogen-bond donors (Lipinski definition) is 1. The zero-order valence-corrected chi connectivity index (χ0v) is 10.9. The molecule has 1 aromatic rings. The van der Waals surface area contributed by atoms with Crippen molar-refractivity contribution in [2.75, 3.05) is 32.0 Å². The fraction of sp³-hybridized carbons (Fsp3) is 0.615. The first-order valence-electron chi connectivity index (χ1n) is 6.41. The number of halogens is 3. The highest BCUT2D eigenvalue weighted by molar-refractivity contribution is 5.45. The van der Waals surface area contributed by atoms with E-state index in [4.69, 9.17) is 0 Å². The minimum Gasteiger partial charge on any atom is -0.369 e. The van der Waals surface area contributed by atoms with Crippen molar-refractivity contribution in [3.05, 3.63) is 23.9 Å². The Morgan fingerprint density at radius 3 is 2.68 bits per heavy atom. The fourth-order valence-electron chi connectivity index (χ4n) is 2.28. The van der Waals surface area contributed by atoms with E-state index < -0.39 is 11.7 Å². The van der Waals surface area contributed by atoms with E-state index in [1.165, 1.54) is 12.3 Å². The number of likely N-dealkylation sites (tertiary alicyclic amines) is 1. The number of nitrogens with one attached hydrogen (secondary N) is 1. The number of anilines is 1. The van der Waals surface area contributed by atoms with Gasteiger partial charge >= 0.3 is 6.18 Å². The summed E-state index contributed by atoms with van der Waals surface area (Å²) in [4.78, 5) is 6.04. The van der Waals surface area contributed by atoms with Gasteiger partial charge in [0.05, 0.1) is 5.56 Å². The average Bonchev–Trinajstić information content (AvgIpc) is 2.37. The molecule has 0 spiro atoms. The van der Waals surface area contributed by atoms with Gasteiger partial charge in [-0.3, -0.25) is 0 Å². The SMILES string of the molecule is CN1CCC(CNc2ncccc2C(F)(F)F)CC1. The first-order chi connectivity index (χ1) is 8.97. The molecule has 1 aliphatic rings. The highest BCUT2D eigenvalue weighted by atomic mass is 19.4. The Morgan fingerprint density at radius 1 is 1.37 bits per heavy atom. The number of hydrogen-bond acceptors (Lipinski definition) is 3. The lowest BCUT2D eigenvalue weighted by molar-refractivity contribution is -0.137. The van der Waals surface area contributed by atoms with Crippen LogP contribution in [0.4, 0.5) is 19.0 Å². The third kappa shape index (κ3) is 3.83. The first kappa shape index (κ1) is 14.1. The van der Waals surface area contributed by atoms with Crippen molar-refractivity contribution in [1.82, 2.24) is 9.88 Å². The smallest absolute Gasteiger partial charge is 0.369 e. The maximum absolute atomic E-state index is 12.8. The van der Waals surface area contributed by atoms with Gasteiger partial charge < -0.3 is 10.2 Å². The van der Waals surface area contributed by atoms with Crippen LogP contribution in [0.15, 0.2) is 18.3 Å². The molecular formula is C13H18F3N3. The maximum Gasteiger partial charge on any atom is 0.419 e. The van der Waals surface area contributed by atoms with Gasteiger partial charge in [0.15, 0.2) is 0 Å². The molecule has 0 bridgehead atoms. The summed E-state index contributed by atoms with van der Waals surface area (Å²) in [5, 5.41) is 2.85. The van der Waals surface area contributed by atoms with E-state index in [0.29, 0.717) is 12.5 Å². The van der Waals surface area contributed by atoms with Crippen molar-refractivity contribution < 1.29 is 13.2 Å². The van der Waals surface area contributed by atoms with E-state index in [1.807, 2.05) is 0 Å². The molecule has 0 aliphatic carbocycles. The Balaban J connectivity index is 1.96. The molecule has 106 valence electrons. The lowest BCUT2D eigenvalue weighted by Gasteiger charge is -2.29. The first-order valence-corrected chi connectivity index (χ1v) is 6.41. The molecule has 0 radical (unpaired) electrons. The molecule has 2 rings (SSSR count). The van der Waals surface area contributed by atoms with Crippen molar-refractivity contribution in [3.63, 3.8) is 0 Å². The van der Waals surface area contributed by atoms with Gasteiger partial charge in [-0.05, 0) is 51.0 Å². The van der Waals surface area contributed by atoms with Gasteiger partial charge in [0, 0.05) is 12.7 Å². The molecule has 1 fully saturated rings. The third-order valence-corrected chi connectivity index (χ3v) is 3.51. The van der Waals surface area contributed by atoms with Crippen molar-refractivity contribution in [2.45, 2.75) is 19.0 Å². The molecule has 1 saturated heterocycles. The van der Waals surface area contributed by atoms with Crippen molar-refractivity contribution in [2.24, 2.45) is 5.92 Å². The molecule has 0 unspecified atom stereocenters. The fourth-order valence-corrected chi connectivity index (χ4v) is 2.28. The van der Waals surface area contributed by atoms with E-state index in [2.05, 4.69) is 22.2 Å². The summed E-state index contributed by atoms with van der Waals surface area (Å²) in [5.41, 5.74) is -0.692. The van der Waals surface area contributed by atoms with Crippen LogP contribution >= 0.6 is 0 Å². The Labute approximate surface area is 110 Å². The lowest BCUT2D eigenvalue weighted by Crippen LogP contribution is -2.33. The van der Waals surface area contributed by atoms with Crippen LogP contribution in [0.2, 0.25) is 0 Å². The summed E-state index contributed by atoms with van der Waals surface area (Å²) in [7, 11) is 2.06. The van der Waals surface area contributed by atoms with Crippen LogP contribution in [0.3, 0.4) is 0 Å². The minimum atomic E-state index is -4.36. The third-order valence-electron chi connectivity index (χ3n) is 3.51. The van der Waals surface area contributed by atoms with Crippen molar-refractivity contribution in [1.29, 1.82) is 0 Å². The van der Waals surface area contributed by atoms with Gasteiger partial charge in [-0.25, -0.2) is 4.98 Å². The van der Waals surface area contributed by atoms with Crippen LogP contribution in [-0.4, -0.2) is 36.6 Å². The van der Waals surface area contributed by atoms with Gasteiger partial charge in [-0.1, -0.05) is 0 Å². The topological polar surface area (TPSA) is 28.2 Å². The molecule has 0 aromatic carbocycles. The largest absolute Gasteiger partial charge is 0.419 e. The van der Waals surface area contributed by atoms with Crippen LogP contribution in [-0.2, 0) is 6.18 Å². The maximum atomic E-state index is 12.8. The van der Waals surface area contributed by atoms with E-state index in [0.717, 1.165) is 32.0 Å². The molecular weight excluding hydrogens is 255 g/mol. The summed E-state index contributed by atoms with van der Waals surface area (Å²) < 4.78 is 38.3.